The maximum Gasteiger partial charge on any atom is 0.225 e. The SMILES string of the molecule is O=C(C1CCCCC1)N1CCCC(c2nc(-c3ccncc3)n[nH]2)C1. The van der Waals surface area contributed by atoms with Crippen LogP contribution in [-0.4, -0.2) is 44.1 Å². The number of carbonyl (C=O) groups excluding carboxylic acids is 1. The van der Waals surface area contributed by atoms with E-state index in [2.05, 4.69) is 25.1 Å². The molecule has 2 aromatic heterocycles. The largest absolute Gasteiger partial charge is 0.342 e. The average molecular weight is 339 g/mol. The predicted octanol–water partition coefficient (Wildman–Crippen LogP) is 3.15. The standard InChI is InChI=1S/C19H25N5O/c25-19(15-5-2-1-3-6-15)24-12-4-7-16(13-24)18-21-17(22-23-18)14-8-10-20-11-9-14/h8-11,15-16H,1-7,12-13H2,(H,21,22,23). The summed E-state index contributed by atoms with van der Waals surface area (Å²) in [6.07, 6.45) is 11.4. The maximum absolute atomic E-state index is 12.8. The number of hydrogen-bond acceptors (Lipinski definition) is 4. The number of pyridine rings is 1. The van der Waals surface area contributed by atoms with Gasteiger partial charge in [0.05, 0.1) is 0 Å². The smallest absolute Gasteiger partial charge is 0.225 e. The van der Waals surface area contributed by atoms with Crippen LogP contribution >= 0.6 is 0 Å². The van der Waals surface area contributed by atoms with E-state index in [4.69, 9.17) is 0 Å². The minimum absolute atomic E-state index is 0.245. The van der Waals surface area contributed by atoms with Crippen molar-refractivity contribution >= 4 is 5.91 Å². The van der Waals surface area contributed by atoms with Crippen LogP contribution in [0.5, 0.6) is 0 Å². The van der Waals surface area contributed by atoms with Crippen molar-refractivity contribution in [3.05, 3.63) is 30.4 Å². The Bertz CT molecular complexity index is 708. The van der Waals surface area contributed by atoms with Crippen LogP contribution in [0.15, 0.2) is 24.5 Å². The molecule has 1 aliphatic heterocycles. The second-order valence-corrected chi connectivity index (χ2v) is 7.24. The molecule has 1 unspecified atom stereocenters. The van der Waals surface area contributed by atoms with E-state index in [-0.39, 0.29) is 11.8 Å². The van der Waals surface area contributed by atoms with E-state index in [0.717, 1.165) is 50.2 Å². The van der Waals surface area contributed by atoms with Crippen molar-refractivity contribution in [1.82, 2.24) is 25.1 Å². The third kappa shape index (κ3) is 3.57. The quantitative estimate of drug-likeness (QED) is 0.932. The van der Waals surface area contributed by atoms with Gasteiger partial charge in [-0.15, -0.1) is 0 Å². The van der Waals surface area contributed by atoms with Crippen LogP contribution in [-0.2, 0) is 4.79 Å². The van der Waals surface area contributed by atoms with Gasteiger partial charge in [0, 0.05) is 42.9 Å². The van der Waals surface area contributed by atoms with E-state index < -0.39 is 0 Å². The number of nitrogens with zero attached hydrogens (tertiary/aromatic N) is 4. The number of amides is 1. The van der Waals surface area contributed by atoms with Gasteiger partial charge >= 0.3 is 0 Å². The van der Waals surface area contributed by atoms with Gasteiger partial charge in [0.1, 0.15) is 5.82 Å². The van der Waals surface area contributed by atoms with Crippen molar-refractivity contribution in [2.24, 2.45) is 5.92 Å². The molecule has 1 atom stereocenters. The van der Waals surface area contributed by atoms with Gasteiger partial charge in [-0.1, -0.05) is 19.3 Å². The van der Waals surface area contributed by atoms with Crippen molar-refractivity contribution in [2.75, 3.05) is 13.1 Å². The second kappa shape index (κ2) is 7.33. The molecule has 0 spiro atoms. The van der Waals surface area contributed by atoms with E-state index in [9.17, 15) is 4.79 Å². The summed E-state index contributed by atoms with van der Waals surface area (Å²) in [7, 11) is 0. The number of likely N-dealkylation sites (tertiary alicyclic amines) is 1. The van der Waals surface area contributed by atoms with Gasteiger partial charge in [0.2, 0.25) is 5.91 Å². The lowest BCUT2D eigenvalue weighted by Crippen LogP contribution is -2.43. The van der Waals surface area contributed by atoms with Crippen molar-refractivity contribution in [1.29, 1.82) is 0 Å². The fourth-order valence-corrected chi connectivity index (χ4v) is 4.10. The van der Waals surface area contributed by atoms with Crippen LogP contribution in [0.3, 0.4) is 0 Å². The van der Waals surface area contributed by atoms with E-state index in [0.29, 0.717) is 11.7 Å². The summed E-state index contributed by atoms with van der Waals surface area (Å²) in [5.74, 6) is 2.46. The molecule has 2 aliphatic rings. The van der Waals surface area contributed by atoms with E-state index in [1.54, 1.807) is 12.4 Å². The number of nitrogens with one attached hydrogen (secondary N) is 1. The van der Waals surface area contributed by atoms with E-state index in [1.807, 2.05) is 12.1 Å². The lowest BCUT2D eigenvalue weighted by molar-refractivity contribution is -0.137. The summed E-state index contributed by atoms with van der Waals surface area (Å²) in [6, 6.07) is 3.82. The third-order valence-corrected chi connectivity index (χ3v) is 5.52. The maximum atomic E-state index is 12.8. The van der Waals surface area contributed by atoms with Crippen LogP contribution < -0.4 is 0 Å². The Kier molecular flexibility index (Phi) is 4.76. The molecule has 2 fully saturated rings. The first kappa shape index (κ1) is 16.2. The van der Waals surface area contributed by atoms with Gasteiger partial charge in [0.25, 0.3) is 0 Å². The van der Waals surface area contributed by atoms with Gasteiger partial charge in [-0.25, -0.2) is 4.98 Å². The Balaban J connectivity index is 1.44. The number of piperidine rings is 1. The summed E-state index contributed by atoms with van der Waals surface area (Å²) >= 11 is 0. The summed E-state index contributed by atoms with van der Waals surface area (Å²) in [5, 5.41) is 7.45. The van der Waals surface area contributed by atoms with Crippen LogP contribution in [0.1, 0.15) is 56.7 Å². The monoisotopic (exact) mass is 339 g/mol. The predicted molar refractivity (Wildman–Crippen MR) is 94.7 cm³/mol. The van der Waals surface area contributed by atoms with Gasteiger partial charge < -0.3 is 4.90 Å². The fraction of sp³-hybridized carbons (Fsp3) is 0.579. The highest BCUT2D eigenvalue weighted by atomic mass is 16.2. The number of aromatic nitrogens is 4. The molecule has 0 aromatic carbocycles. The Labute approximate surface area is 148 Å². The first-order valence-electron chi connectivity index (χ1n) is 9.43. The Hall–Kier alpha value is -2.24. The fourth-order valence-electron chi connectivity index (χ4n) is 4.10. The number of carbonyl (C=O) groups is 1. The normalized spacial score (nSPS) is 22.1. The molecule has 4 rings (SSSR count). The molecule has 6 nitrogen and oxygen atoms in total. The van der Waals surface area contributed by atoms with Crippen LogP contribution in [0, 0.1) is 5.92 Å². The zero-order valence-corrected chi connectivity index (χ0v) is 14.5. The number of H-pyrrole nitrogens is 1. The molecule has 3 heterocycles. The van der Waals surface area contributed by atoms with Crippen molar-refractivity contribution in [2.45, 2.75) is 50.9 Å². The first-order chi connectivity index (χ1) is 12.3. The van der Waals surface area contributed by atoms with Gasteiger partial charge in [0.15, 0.2) is 5.82 Å². The Morgan fingerprint density at radius 3 is 2.68 bits per heavy atom. The Morgan fingerprint density at radius 2 is 1.88 bits per heavy atom. The van der Waals surface area contributed by atoms with E-state index in [1.165, 1.54) is 19.3 Å². The summed E-state index contributed by atoms with van der Waals surface area (Å²) < 4.78 is 0. The number of hydrogen-bond donors (Lipinski definition) is 1. The molecule has 1 amide bonds. The molecule has 0 bridgehead atoms. The minimum atomic E-state index is 0.245. The van der Waals surface area contributed by atoms with Crippen molar-refractivity contribution in [3.8, 4) is 11.4 Å². The molecule has 132 valence electrons. The summed E-state index contributed by atoms with van der Waals surface area (Å²) in [5.41, 5.74) is 0.962. The minimum Gasteiger partial charge on any atom is -0.342 e. The van der Waals surface area contributed by atoms with Gasteiger partial charge in [-0.3, -0.25) is 14.9 Å². The van der Waals surface area contributed by atoms with E-state index >= 15 is 0 Å². The van der Waals surface area contributed by atoms with Crippen LogP contribution in [0.4, 0.5) is 0 Å². The van der Waals surface area contributed by atoms with Gasteiger partial charge in [-0.2, -0.15) is 5.10 Å². The topological polar surface area (TPSA) is 74.8 Å². The lowest BCUT2D eigenvalue weighted by atomic mass is 9.87. The highest BCUT2D eigenvalue weighted by Gasteiger charge is 2.31. The molecule has 6 heteroatoms. The molecule has 1 saturated heterocycles. The average Bonchev–Trinajstić information content (AvgIpc) is 3.19. The molecule has 1 aliphatic carbocycles. The molecular weight excluding hydrogens is 314 g/mol. The zero-order valence-electron chi connectivity index (χ0n) is 14.5. The van der Waals surface area contributed by atoms with Crippen molar-refractivity contribution in [3.63, 3.8) is 0 Å². The highest BCUT2D eigenvalue weighted by Crippen LogP contribution is 2.30. The summed E-state index contributed by atoms with van der Waals surface area (Å²) in [4.78, 5) is 23.6. The molecule has 2 aromatic rings. The summed E-state index contributed by atoms with van der Waals surface area (Å²) in [6.45, 7) is 1.65. The Morgan fingerprint density at radius 1 is 1.08 bits per heavy atom. The molecule has 1 saturated carbocycles. The van der Waals surface area contributed by atoms with Crippen molar-refractivity contribution < 1.29 is 4.79 Å². The number of rotatable bonds is 3. The lowest BCUT2D eigenvalue weighted by Gasteiger charge is -2.35. The molecular formula is C19H25N5O. The van der Waals surface area contributed by atoms with Crippen LogP contribution in [0.25, 0.3) is 11.4 Å². The second-order valence-electron chi connectivity index (χ2n) is 7.24. The third-order valence-electron chi connectivity index (χ3n) is 5.52. The highest BCUT2D eigenvalue weighted by molar-refractivity contribution is 5.79. The molecule has 0 radical (unpaired) electrons. The first-order valence-corrected chi connectivity index (χ1v) is 9.43. The van der Waals surface area contributed by atoms with Crippen LogP contribution in [0.2, 0.25) is 0 Å². The zero-order chi connectivity index (χ0) is 17.1. The van der Waals surface area contributed by atoms with Gasteiger partial charge in [-0.05, 0) is 37.8 Å². The molecule has 25 heavy (non-hydrogen) atoms. The molecule has 1 N–H and O–H groups in total. The number of aromatic amines is 1.